The lowest BCUT2D eigenvalue weighted by atomic mass is 9.93. The number of nitrogens with one attached hydrogen (secondary N) is 1. The Morgan fingerprint density at radius 3 is 2.65 bits per heavy atom. The van der Waals surface area contributed by atoms with Crippen molar-refractivity contribution >= 4 is 11.8 Å². The summed E-state index contributed by atoms with van der Waals surface area (Å²) in [4.78, 5) is 24.7. The van der Waals surface area contributed by atoms with E-state index in [4.69, 9.17) is 4.74 Å². The van der Waals surface area contributed by atoms with E-state index in [1.54, 1.807) is 11.8 Å². The smallest absolute Gasteiger partial charge is 0.226 e. The van der Waals surface area contributed by atoms with Crippen molar-refractivity contribution < 1.29 is 14.3 Å². The van der Waals surface area contributed by atoms with Gasteiger partial charge in [-0.2, -0.15) is 0 Å². The highest BCUT2D eigenvalue weighted by Crippen LogP contribution is 2.21. The minimum atomic E-state index is -0.0323. The van der Waals surface area contributed by atoms with E-state index in [2.05, 4.69) is 5.32 Å². The van der Waals surface area contributed by atoms with Crippen LogP contribution in [0.3, 0.4) is 0 Å². The number of amides is 2. The van der Waals surface area contributed by atoms with Gasteiger partial charge in [0.05, 0.1) is 18.1 Å². The summed E-state index contributed by atoms with van der Waals surface area (Å²) in [6.07, 6.45) is 1.86. The molecule has 0 radical (unpaired) electrons. The van der Waals surface area contributed by atoms with E-state index in [0.29, 0.717) is 13.1 Å². The molecule has 5 nitrogen and oxygen atoms in total. The molecule has 0 aromatic rings. The maximum atomic E-state index is 12.0. The van der Waals surface area contributed by atoms with Crippen LogP contribution in [-0.4, -0.2) is 48.6 Å². The highest BCUT2D eigenvalue weighted by Gasteiger charge is 2.34. The normalized spacial score (nSPS) is 29.6. The maximum Gasteiger partial charge on any atom is 0.226 e. The SMILES string of the molecule is CC(=O)N1CC(NC(=O)[C@@H]2CCCO[C@H]2C)C1. The summed E-state index contributed by atoms with van der Waals surface area (Å²) in [5.74, 6) is 0.116. The Balaban J connectivity index is 1.76. The fraction of sp³-hybridized carbons (Fsp3) is 0.833. The molecule has 0 unspecified atom stereocenters. The zero-order chi connectivity index (χ0) is 12.4. The van der Waals surface area contributed by atoms with E-state index >= 15 is 0 Å². The number of hydrogen-bond acceptors (Lipinski definition) is 3. The summed E-state index contributed by atoms with van der Waals surface area (Å²) in [6, 6.07) is 0.125. The summed E-state index contributed by atoms with van der Waals surface area (Å²) >= 11 is 0. The van der Waals surface area contributed by atoms with Crippen molar-refractivity contribution in [1.82, 2.24) is 10.2 Å². The van der Waals surface area contributed by atoms with Crippen LogP contribution in [-0.2, 0) is 14.3 Å². The van der Waals surface area contributed by atoms with Crippen LogP contribution in [0, 0.1) is 5.92 Å². The second-order valence-electron chi connectivity index (χ2n) is 4.95. The van der Waals surface area contributed by atoms with Gasteiger partial charge >= 0.3 is 0 Å². The van der Waals surface area contributed by atoms with Crippen LogP contribution in [0.25, 0.3) is 0 Å². The molecule has 2 saturated heterocycles. The molecule has 2 rings (SSSR count). The van der Waals surface area contributed by atoms with E-state index in [1.165, 1.54) is 0 Å². The van der Waals surface area contributed by atoms with Crippen LogP contribution in [0.15, 0.2) is 0 Å². The molecule has 2 amide bonds. The van der Waals surface area contributed by atoms with Crippen LogP contribution in [0.4, 0.5) is 0 Å². The first-order chi connectivity index (χ1) is 8.08. The van der Waals surface area contributed by atoms with Gasteiger partial charge in [-0.15, -0.1) is 0 Å². The molecule has 2 fully saturated rings. The number of likely N-dealkylation sites (tertiary alicyclic amines) is 1. The van der Waals surface area contributed by atoms with E-state index in [0.717, 1.165) is 19.4 Å². The number of rotatable bonds is 2. The molecule has 17 heavy (non-hydrogen) atoms. The molecule has 2 aliphatic heterocycles. The Hall–Kier alpha value is -1.10. The molecule has 0 spiro atoms. The third kappa shape index (κ3) is 2.77. The predicted molar refractivity (Wildman–Crippen MR) is 62.3 cm³/mol. The summed E-state index contributed by atoms with van der Waals surface area (Å²) in [5.41, 5.74) is 0. The molecule has 5 heteroatoms. The number of nitrogens with zero attached hydrogens (tertiary/aromatic N) is 1. The zero-order valence-electron chi connectivity index (χ0n) is 10.4. The Morgan fingerprint density at radius 2 is 2.06 bits per heavy atom. The number of carbonyl (C=O) groups excluding carboxylic acids is 2. The number of hydrogen-bond donors (Lipinski definition) is 1. The molecule has 0 aliphatic carbocycles. The van der Waals surface area contributed by atoms with Crippen molar-refractivity contribution in [2.45, 2.75) is 38.8 Å². The van der Waals surface area contributed by atoms with Gasteiger partial charge in [0.1, 0.15) is 0 Å². The quantitative estimate of drug-likeness (QED) is 0.747. The molecule has 0 aromatic carbocycles. The van der Waals surface area contributed by atoms with Crippen molar-refractivity contribution in [2.24, 2.45) is 5.92 Å². The maximum absolute atomic E-state index is 12.0. The molecule has 2 aliphatic rings. The lowest BCUT2D eigenvalue weighted by Gasteiger charge is -2.40. The van der Waals surface area contributed by atoms with Gasteiger partial charge in [-0.3, -0.25) is 9.59 Å². The van der Waals surface area contributed by atoms with Gasteiger partial charge < -0.3 is 15.0 Å². The second kappa shape index (κ2) is 5.04. The van der Waals surface area contributed by atoms with E-state index < -0.39 is 0 Å². The second-order valence-corrected chi connectivity index (χ2v) is 4.95. The lowest BCUT2D eigenvalue weighted by molar-refractivity contribution is -0.140. The Morgan fingerprint density at radius 1 is 1.35 bits per heavy atom. The van der Waals surface area contributed by atoms with Gasteiger partial charge in [0, 0.05) is 26.6 Å². The first-order valence-electron chi connectivity index (χ1n) is 6.25. The highest BCUT2D eigenvalue weighted by atomic mass is 16.5. The summed E-state index contributed by atoms with van der Waals surface area (Å²) < 4.78 is 5.48. The van der Waals surface area contributed by atoms with E-state index in [-0.39, 0.29) is 29.9 Å². The van der Waals surface area contributed by atoms with Crippen LogP contribution >= 0.6 is 0 Å². The third-order valence-corrected chi connectivity index (χ3v) is 3.62. The van der Waals surface area contributed by atoms with Crippen molar-refractivity contribution in [1.29, 1.82) is 0 Å². The monoisotopic (exact) mass is 240 g/mol. The molecule has 2 atom stereocenters. The average Bonchev–Trinajstić information content (AvgIpc) is 2.22. The van der Waals surface area contributed by atoms with E-state index in [9.17, 15) is 9.59 Å². The Labute approximate surface area is 101 Å². The molecule has 96 valence electrons. The van der Waals surface area contributed by atoms with Gasteiger partial charge in [0.25, 0.3) is 0 Å². The predicted octanol–water partition coefficient (Wildman–Crippen LogP) is 0.148. The van der Waals surface area contributed by atoms with Gasteiger partial charge in [-0.25, -0.2) is 0 Å². The molecule has 0 bridgehead atoms. The topological polar surface area (TPSA) is 58.6 Å². The number of carbonyl (C=O) groups is 2. The molecule has 0 saturated carbocycles. The Bertz CT molecular complexity index is 313. The van der Waals surface area contributed by atoms with Gasteiger partial charge in [0.2, 0.25) is 11.8 Å². The molecular weight excluding hydrogens is 220 g/mol. The van der Waals surface area contributed by atoms with Crippen LogP contribution in [0.2, 0.25) is 0 Å². The van der Waals surface area contributed by atoms with Crippen molar-refractivity contribution in [2.75, 3.05) is 19.7 Å². The van der Waals surface area contributed by atoms with Crippen LogP contribution in [0.5, 0.6) is 0 Å². The lowest BCUT2D eigenvalue weighted by Crippen LogP contribution is -2.61. The fourth-order valence-electron chi connectivity index (χ4n) is 2.40. The first-order valence-corrected chi connectivity index (χ1v) is 6.25. The average molecular weight is 240 g/mol. The first kappa shape index (κ1) is 12.4. The largest absolute Gasteiger partial charge is 0.378 e. The fourth-order valence-corrected chi connectivity index (χ4v) is 2.40. The molecular formula is C12H20N2O3. The van der Waals surface area contributed by atoms with E-state index in [1.807, 2.05) is 6.92 Å². The van der Waals surface area contributed by atoms with Crippen molar-refractivity contribution in [3.8, 4) is 0 Å². The molecule has 1 N–H and O–H groups in total. The van der Waals surface area contributed by atoms with Gasteiger partial charge in [0.15, 0.2) is 0 Å². The van der Waals surface area contributed by atoms with Crippen LogP contribution in [0.1, 0.15) is 26.7 Å². The molecule has 0 aromatic heterocycles. The summed E-state index contributed by atoms with van der Waals surface area (Å²) in [6.45, 7) is 5.54. The number of ether oxygens (including phenoxy) is 1. The van der Waals surface area contributed by atoms with Gasteiger partial charge in [-0.1, -0.05) is 0 Å². The highest BCUT2D eigenvalue weighted by molar-refractivity contribution is 5.80. The summed E-state index contributed by atoms with van der Waals surface area (Å²) in [5, 5.41) is 2.99. The van der Waals surface area contributed by atoms with Crippen LogP contribution < -0.4 is 5.32 Å². The van der Waals surface area contributed by atoms with Gasteiger partial charge in [-0.05, 0) is 19.8 Å². The minimum absolute atomic E-state index is 0.00716. The standard InChI is InChI=1S/C12H20N2O3/c1-8-11(4-3-5-17-8)12(16)13-10-6-14(7-10)9(2)15/h8,10-11H,3-7H2,1-2H3,(H,13,16)/t8-,11+/m0/s1. The van der Waals surface area contributed by atoms with Crippen molar-refractivity contribution in [3.05, 3.63) is 0 Å². The van der Waals surface area contributed by atoms with Crippen molar-refractivity contribution in [3.63, 3.8) is 0 Å². The Kier molecular flexibility index (Phi) is 3.66. The minimum Gasteiger partial charge on any atom is -0.378 e. The zero-order valence-corrected chi connectivity index (χ0v) is 10.4. The third-order valence-electron chi connectivity index (χ3n) is 3.62. The summed E-state index contributed by atoms with van der Waals surface area (Å²) in [7, 11) is 0. The molecule has 2 heterocycles.